The predicted octanol–water partition coefficient (Wildman–Crippen LogP) is 5.08. The van der Waals surface area contributed by atoms with Gasteiger partial charge in [0.15, 0.2) is 0 Å². The van der Waals surface area contributed by atoms with Crippen molar-refractivity contribution in [3.8, 4) is 11.5 Å². The molecule has 0 saturated carbocycles. The molecule has 1 N–H and O–H groups in total. The van der Waals surface area contributed by atoms with E-state index in [-0.39, 0.29) is 12.4 Å². The summed E-state index contributed by atoms with van der Waals surface area (Å²) in [5.74, 6) is 0.0751. The fraction of sp³-hybridized carbons (Fsp3) is 0.130. The van der Waals surface area contributed by atoms with Crippen LogP contribution in [0.1, 0.15) is 21.6 Å². The molecular weight excluding hydrogens is 404 g/mol. The van der Waals surface area contributed by atoms with E-state index in [0.29, 0.717) is 17.0 Å². The van der Waals surface area contributed by atoms with Crippen LogP contribution in [0.2, 0.25) is 0 Å². The molecule has 1 amide bonds. The van der Waals surface area contributed by atoms with Gasteiger partial charge < -0.3 is 19.2 Å². The van der Waals surface area contributed by atoms with Gasteiger partial charge in [0.2, 0.25) is 0 Å². The molecule has 4 rings (SSSR count). The number of benzene rings is 2. The lowest BCUT2D eigenvalue weighted by atomic mass is 10.2. The van der Waals surface area contributed by atoms with Gasteiger partial charge in [-0.3, -0.25) is 4.79 Å². The molecule has 0 fully saturated rings. The van der Waals surface area contributed by atoms with Gasteiger partial charge in [-0.1, -0.05) is 18.2 Å². The van der Waals surface area contributed by atoms with Gasteiger partial charge in [0.25, 0.3) is 5.91 Å². The first-order valence-corrected chi connectivity index (χ1v) is 9.49. The minimum atomic E-state index is -2.93. The molecule has 0 atom stereocenters. The summed E-state index contributed by atoms with van der Waals surface area (Å²) in [6, 6.07) is 16.4. The fourth-order valence-electron chi connectivity index (χ4n) is 3.06. The Morgan fingerprint density at radius 2 is 1.87 bits per heavy atom. The molecule has 0 aliphatic heterocycles. The smallest absolute Gasteiger partial charge is 0.387 e. The number of fused-ring (bicyclic) bond motifs is 1. The van der Waals surface area contributed by atoms with Crippen molar-refractivity contribution in [1.29, 1.82) is 0 Å². The van der Waals surface area contributed by atoms with Crippen LogP contribution in [0.4, 0.5) is 14.5 Å². The predicted molar refractivity (Wildman–Crippen MR) is 112 cm³/mol. The third kappa shape index (κ3) is 5.16. The van der Waals surface area contributed by atoms with E-state index in [2.05, 4.69) is 15.0 Å². The number of imidazole rings is 1. The molecule has 0 aliphatic rings. The minimum Gasteiger partial charge on any atom is -0.487 e. The number of alkyl halides is 2. The number of anilines is 1. The number of aryl methyl sites for hydroxylation is 1. The molecule has 0 unspecified atom stereocenters. The highest BCUT2D eigenvalue weighted by atomic mass is 19.3. The number of hydrogen-bond donors (Lipinski definition) is 1. The summed E-state index contributed by atoms with van der Waals surface area (Å²) in [7, 11) is 0. The molecule has 0 bridgehead atoms. The normalized spacial score (nSPS) is 11.0. The van der Waals surface area contributed by atoms with Gasteiger partial charge in [0, 0.05) is 29.7 Å². The first kappa shape index (κ1) is 20.3. The second-order valence-corrected chi connectivity index (χ2v) is 6.88. The maximum absolute atomic E-state index is 12.6. The number of carbonyl (C=O) groups excluding carboxylic acids is 1. The molecule has 2 aromatic heterocycles. The first-order valence-electron chi connectivity index (χ1n) is 9.49. The van der Waals surface area contributed by atoms with Crippen LogP contribution < -0.4 is 14.8 Å². The van der Waals surface area contributed by atoms with Crippen molar-refractivity contribution in [3.05, 3.63) is 89.9 Å². The van der Waals surface area contributed by atoms with E-state index < -0.39 is 12.5 Å². The minimum absolute atomic E-state index is 0.0347. The third-order valence-corrected chi connectivity index (χ3v) is 4.45. The summed E-state index contributed by atoms with van der Waals surface area (Å²) in [6.07, 6.45) is 3.88. The quantitative estimate of drug-likeness (QED) is 0.451. The van der Waals surface area contributed by atoms with Crippen molar-refractivity contribution in [2.45, 2.75) is 20.1 Å². The van der Waals surface area contributed by atoms with Crippen molar-refractivity contribution in [2.24, 2.45) is 0 Å². The maximum Gasteiger partial charge on any atom is 0.387 e. The standard InChI is InChI=1S/C23H19F2N3O3/c1-15-8-9-21-26-18(13-28(21)12-15)14-30-19-6-2-4-16(10-19)22(29)27-17-5-3-7-20(11-17)31-23(24)25/h2-13,23H,14H2,1H3,(H,27,29). The van der Waals surface area contributed by atoms with Gasteiger partial charge in [0.05, 0.1) is 5.69 Å². The zero-order valence-electron chi connectivity index (χ0n) is 16.6. The highest BCUT2D eigenvalue weighted by Crippen LogP contribution is 2.21. The van der Waals surface area contributed by atoms with E-state index in [0.717, 1.165) is 16.9 Å². The van der Waals surface area contributed by atoms with Crippen LogP contribution >= 0.6 is 0 Å². The van der Waals surface area contributed by atoms with E-state index in [1.54, 1.807) is 30.3 Å². The summed E-state index contributed by atoms with van der Waals surface area (Å²) in [5, 5.41) is 2.66. The van der Waals surface area contributed by atoms with Crippen molar-refractivity contribution in [3.63, 3.8) is 0 Å². The molecule has 6 nitrogen and oxygen atoms in total. The molecule has 0 saturated heterocycles. The number of hydrogen-bond acceptors (Lipinski definition) is 4. The lowest BCUT2D eigenvalue weighted by molar-refractivity contribution is -0.0498. The lowest BCUT2D eigenvalue weighted by Gasteiger charge is -2.10. The Morgan fingerprint density at radius 1 is 1.06 bits per heavy atom. The fourth-order valence-corrected chi connectivity index (χ4v) is 3.06. The summed E-state index contributed by atoms with van der Waals surface area (Å²) in [5.41, 5.74) is 3.42. The highest BCUT2D eigenvalue weighted by Gasteiger charge is 2.10. The maximum atomic E-state index is 12.6. The zero-order valence-corrected chi connectivity index (χ0v) is 16.6. The number of ether oxygens (including phenoxy) is 2. The third-order valence-electron chi connectivity index (χ3n) is 4.45. The van der Waals surface area contributed by atoms with E-state index in [9.17, 15) is 13.6 Å². The van der Waals surface area contributed by atoms with E-state index in [1.807, 2.05) is 35.9 Å². The summed E-state index contributed by atoms with van der Waals surface area (Å²) < 4.78 is 36.8. The average molecular weight is 423 g/mol. The van der Waals surface area contributed by atoms with Gasteiger partial charge in [-0.25, -0.2) is 4.98 Å². The van der Waals surface area contributed by atoms with Crippen LogP contribution in [-0.4, -0.2) is 21.9 Å². The van der Waals surface area contributed by atoms with Crippen LogP contribution in [-0.2, 0) is 6.61 Å². The SMILES string of the molecule is Cc1ccc2nc(COc3cccc(C(=O)Nc4cccc(OC(F)F)c4)c3)cn2c1. The molecule has 0 spiro atoms. The number of aromatic nitrogens is 2. The Bertz CT molecular complexity index is 1220. The average Bonchev–Trinajstić information content (AvgIpc) is 3.14. The summed E-state index contributed by atoms with van der Waals surface area (Å²) >= 11 is 0. The number of nitrogens with zero attached hydrogens (tertiary/aromatic N) is 2. The van der Waals surface area contributed by atoms with E-state index >= 15 is 0 Å². The molecule has 4 aromatic rings. The Balaban J connectivity index is 1.42. The number of halogens is 2. The van der Waals surface area contributed by atoms with Crippen molar-refractivity contribution >= 4 is 17.2 Å². The highest BCUT2D eigenvalue weighted by molar-refractivity contribution is 6.04. The summed E-state index contributed by atoms with van der Waals surface area (Å²) in [6.45, 7) is -0.677. The number of amides is 1. The Labute approximate surface area is 177 Å². The van der Waals surface area contributed by atoms with Crippen LogP contribution in [0.3, 0.4) is 0 Å². The zero-order chi connectivity index (χ0) is 21.8. The lowest BCUT2D eigenvalue weighted by Crippen LogP contribution is -2.12. The van der Waals surface area contributed by atoms with Crippen molar-refractivity contribution in [2.75, 3.05) is 5.32 Å². The van der Waals surface area contributed by atoms with Crippen LogP contribution in [0.25, 0.3) is 5.65 Å². The Morgan fingerprint density at radius 3 is 2.71 bits per heavy atom. The number of rotatable bonds is 7. The Kier molecular flexibility index (Phi) is 5.79. The molecule has 158 valence electrons. The molecule has 0 radical (unpaired) electrons. The number of pyridine rings is 1. The van der Waals surface area contributed by atoms with Gasteiger partial charge in [0.1, 0.15) is 23.8 Å². The van der Waals surface area contributed by atoms with Crippen LogP contribution in [0.5, 0.6) is 11.5 Å². The van der Waals surface area contributed by atoms with E-state index in [1.165, 1.54) is 18.2 Å². The van der Waals surface area contributed by atoms with Crippen LogP contribution in [0, 0.1) is 6.92 Å². The molecule has 31 heavy (non-hydrogen) atoms. The first-order chi connectivity index (χ1) is 15.0. The Hall–Kier alpha value is -3.94. The number of carbonyl (C=O) groups is 1. The van der Waals surface area contributed by atoms with Crippen molar-refractivity contribution in [1.82, 2.24) is 9.38 Å². The number of nitrogens with one attached hydrogen (secondary N) is 1. The second-order valence-electron chi connectivity index (χ2n) is 6.88. The largest absolute Gasteiger partial charge is 0.487 e. The molecule has 2 heterocycles. The topological polar surface area (TPSA) is 64.9 Å². The van der Waals surface area contributed by atoms with Gasteiger partial charge >= 0.3 is 6.61 Å². The molecular formula is C23H19F2N3O3. The van der Waals surface area contributed by atoms with Gasteiger partial charge in [-0.15, -0.1) is 0 Å². The monoisotopic (exact) mass is 423 g/mol. The molecule has 8 heteroatoms. The van der Waals surface area contributed by atoms with Gasteiger partial charge in [-0.2, -0.15) is 8.78 Å². The van der Waals surface area contributed by atoms with Crippen LogP contribution in [0.15, 0.2) is 73.1 Å². The van der Waals surface area contributed by atoms with E-state index in [4.69, 9.17) is 4.74 Å². The second kappa shape index (κ2) is 8.83. The van der Waals surface area contributed by atoms with Crippen molar-refractivity contribution < 1.29 is 23.0 Å². The summed E-state index contributed by atoms with van der Waals surface area (Å²) in [4.78, 5) is 17.1. The molecule has 0 aliphatic carbocycles. The molecule has 2 aromatic carbocycles. The van der Waals surface area contributed by atoms with Gasteiger partial charge in [-0.05, 0) is 48.9 Å².